The molecule has 1 amide bonds. The highest BCUT2D eigenvalue weighted by Crippen LogP contribution is 2.24. The van der Waals surface area contributed by atoms with Gasteiger partial charge in [-0.25, -0.2) is 0 Å². The molecule has 1 atom stereocenters. The van der Waals surface area contributed by atoms with Gasteiger partial charge in [0, 0.05) is 19.7 Å². The Morgan fingerprint density at radius 1 is 1.22 bits per heavy atom. The fourth-order valence-electron chi connectivity index (χ4n) is 3.61. The molecule has 0 N–H and O–H groups in total. The Labute approximate surface area is 138 Å². The van der Waals surface area contributed by atoms with Gasteiger partial charge < -0.3 is 14.4 Å². The lowest BCUT2D eigenvalue weighted by Crippen LogP contribution is -2.40. The van der Waals surface area contributed by atoms with E-state index in [2.05, 4.69) is 12.1 Å². The summed E-state index contributed by atoms with van der Waals surface area (Å²) >= 11 is 0. The quantitative estimate of drug-likeness (QED) is 0.838. The van der Waals surface area contributed by atoms with E-state index >= 15 is 0 Å². The number of piperidine rings is 1. The van der Waals surface area contributed by atoms with Crippen molar-refractivity contribution in [2.75, 3.05) is 26.8 Å². The summed E-state index contributed by atoms with van der Waals surface area (Å²) in [6.07, 6.45) is 6.18. The third-order valence-electron chi connectivity index (χ3n) is 5.08. The second-order valence-corrected chi connectivity index (χ2v) is 6.72. The molecule has 0 aromatic heterocycles. The fourth-order valence-corrected chi connectivity index (χ4v) is 3.61. The van der Waals surface area contributed by atoms with Crippen LogP contribution in [0.4, 0.5) is 0 Å². The topological polar surface area (TPSA) is 38.8 Å². The molecule has 1 unspecified atom stereocenters. The number of carbonyl (C=O) groups is 1. The zero-order chi connectivity index (χ0) is 16.1. The largest absolute Gasteiger partial charge is 0.497 e. The first-order valence-electron chi connectivity index (χ1n) is 8.77. The Morgan fingerprint density at radius 3 is 2.57 bits per heavy atom. The average molecular weight is 317 g/mol. The SMILES string of the molecule is COc1ccc(CC2CCN(C(=O)CC3CCCO3)CC2)cc1. The van der Waals surface area contributed by atoms with E-state index in [9.17, 15) is 4.79 Å². The van der Waals surface area contributed by atoms with Crippen LogP contribution in [0.15, 0.2) is 24.3 Å². The number of hydrogen-bond donors (Lipinski definition) is 0. The molecule has 0 spiro atoms. The molecule has 2 fully saturated rings. The van der Waals surface area contributed by atoms with Gasteiger partial charge in [0.05, 0.1) is 19.6 Å². The minimum Gasteiger partial charge on any atom is -0.497 e. The van der Waals surface area contributed by atoms with E-state index in [0.717, 1.165) is 57.6 Å². The average Bonchev–Trinajstić information content (AvgIpc) is 3.09. The third kappa shape index (κ3) is 4.47. The lowest BCUT2D eigenvalue weighted by molar-refractivity contribution is -0.134. The first kappa shape index (κ1) is 16.3. The van der Waals surface area contributed by atoms with Crippen molar-refractivity contribution in [3.63, 3.8) is 0 Å². The Hall–Kier alpha value is -1.55. The van der Waals surface area contributed by atoms with Crippen molar-refractivity contribution in [2.24, 2.45) is 5.92 Å². The molecular formula is C19H27NO3. The van der Waals surface area contributed by atoms with Gasteiger partial charge in [0.25, 0.3) is 0 Å². The molecule has 4 heteroatoms. The van der Waals surface area contributed by atoms with Gasteiger partial charge in [-0.05, 0) is 55.7 Å². The van der Waals surface area contributed by atoms with Crippen LogP contribution < -0.4 is 4.74 Å². The smallest absolute Gasteiger partial charge is 0.225 e. The van der Waals surface area contributed by atoms with E-state index in [-0.39, 0.29) is 12.0 Å². The van der Waals surface area contributed by atoms with E-state index in [1.807, 2.05) is 17.0 Å². The highest BCUT2D eigenvalue weighted by molar-refractivity contribution is 5.76. The van der Waals surface area contributed by atoms with Crippen molar-refractivity contribution in [3.8, 4) is 5.75 Å². The predicted molar refractivity (Wildman–Crippen MR) is 89.6 cm³/mol. The lowest BCUT2D eigenvalue weighted by Gasteiger charge is -2.32. The number of methoxy groups -OCH3 is 1. The molecule has 1 aromatic rings. The number of nitrogens with zero attached hydrogens (tertiary/aromatic N) is 1. The molecule has 126 valence electrons. The molecule has 0 aliphatic carbocycles. The van der Waals surface area contributed by atoms with Gasteiger partial charge in [0.2, 0.25) is 5.91 Å². The maximum absolute atomic E-state index is 12.3. The molecule has 4 nitrogen and oxygen atoms in total. The third-order valence-corrected chi connectivity index (χ3v) is 5.08. The van der Waals surface area contributed by atoms with Crippen LogP contribution in [0, 0.1) is 5.92 Å². The van der Waals surface area contributed by atoms with E-state index in [1.54, 1.807) is 7.11 Å². The number of rotatable bonds is 5. The maximum atomic E-state index is 12.3. The zero-order valence-electron chi connectivity index (χ0n) is 14.0. The summed E-state index contributed by atoms with van der Waals surface area (Å²) in [5, 5.41) is 0. The molecule has 3 rings (SSSR count). The van der Waals surface area contributed by atoms with Gasteiger partial charge in [-0.1, -0.05) is 12.1 Å². The van der Waals surface area contributed by atoms with Gasteiger partial charge in [-0.15, -0.1) is 0 Å². The fraction of sp³-hybridized carbons (Fsp3) is 0.632. The summed E-state index contributed by atoms with van der Waals surface area (Å²) in [4.78, 5) is 14.4. The van der Waals surface area contributed by atoms with Crippen LogP contribution in [0.1, 0.15) is 37.7 Å². The summed E-state index contributed by atoms with van der Waals surface area (Å²) in [6, 6.07) is 8.34. The second-order valence-electron chi connectivity index (χ2n) is 6.72. The van der Waals surface area contributed by atoms with Crippen LogP contribution >= 0.6 is 0 Å². The van der Waals surface area contributed by atoms with Crippen LogP contribution in [0.2, 0.25) is 0 Å². The molecule has 2 aliphatic heterocycles. The van der Waals surface area contributed by atoms with Crippen LogP contribution in [-0.4, -0.2) is 43.7 Å². The Balaban J connectivity index is 1.43. The second kappa shape index (κ2) is 7.82. The number of ether oxygens (including phenoxy) is 2. The molecule has 0 radical (unpaired) electrons. The Morgan fingerprint density at radius 2 is 1.96 bits per heavy atom. The molecule has 0 saturated carbocycles. The van der Waals surface area contributed by atoms with Crippen LogP contribution in [0.5, 0.6) is 5.75 Å². The lowest BCUT2D eigenvalue weighted by atomic mass is 9.90. The minimum atomic E-state index is 0.166. The van der Waals surface area contributed by atoms with Gasteiger partial charge in [0.15, 0.2) is 0 Å². The van der Waals surface area contributed by atoms with E-state index in [1.165, 1.54) is 5.56 Å². The van der Waals surface area contributed by atoms with Gasteiger partial charge in [-0.3, -0.25) is 4.79 Å². The van der Waals surface area contributed by atoms with Crippen molar-refractivity contribution in [1.82, 2.24) is 4.90 Å². The normalized spacial score (nSPS) is 22.3. The number of benzene rings is 1. The van der Waals surface area contributed by atoms with Crippen molar-refractivity contribution in [2.45, 2.75) is 44.6 Å². The summed E-state index contributed by atoms with van der Waals surface area (Å²) in [5.41, 5.74) is 1.36. The Bertz CT molecular complexity index is 500. The number of carbonyl (C=O) groups excluding carboxylic acids is 1. The number of amides is 1. The highest BCUT2D eigenvalue weighted by Gasteiger charge is 2.26. The van der Waals surface area contributed by atoms with Crippen molar-refractivity contribution in [1.29, 1.82) is 0 Å². The zero-order valence-corrected chi connectivity index (χ0v) is 14.0. The molecule has 2 saturated heterocycles. The monoisotopic (exact) mass is 317 g/mol. The summed E-state index contributed by atoms with van der Waals surface area (Å²) in [6.45, 7) is 2.61. The van der Waals surface area contributed by atoms with Gasteiger partial charge in [0.1, 0.15) is 5.75 Å². The van der Waals surface area contributed by atoms with E-state index in [4.69, 9.17) is 9.47 Å². The maximum Gasteiger partial charge on any atom is 0.225 e. The molecule has 2 heterocycles. The molecule has 1 aromatic carbocycles. The number of hydrogen-bond acceptors (Lipinski definition) is 3. The van der Waals surface area contributed by atoms with Crippen molar-refractivity contribution < 1.29 is 14.3 Å². The number of likely N-dealkylation sites (tertiary alicyclic amines) is 1. The highest BCUT2D eigenvalue weighted by atomic mass is 16.5. The summed E-state index contributed by atoms with van der Waals surface area (Å²) in [5.74, 6) is 1.86. The van der Waals surface area contributed by atoms with Crippen LogP contribution in [0.25, 0.3) is 0 Å². The van der Waals surface area contributed by atoms with Crippen molar-refractivity contribution in [3.05, 3.63) is 29.8 Å². The molecular weight excluding hydrogens is 290 g/mol. The Kier molecular flexibility index (Phi) is 5.55. The minimum absolute atomic E-state index is 0.166. The summed E-state index contributed by atoms with van der Waals surface area (Å²) in [7, 11) is 1.69. The first-order chi connectivity index (χ1) is 11.2. The van der Waals surface area contributed by atoms with Gasteiger partial charge in [-0.2, -0.15) is 0 Å². The molecule has 2 aliphatic rings. The van der Waals surface area contributed by atoms with Crippen LogP contribution in [0.3, 0.4) is 0 Å². The van der Waals surface area contributed by atoms with Crippen LogP contribution in [-0.2, 0) is 16.0 Å². The first-order valence-corrected chi connectivity index (χ1v) is 8.77. The van der Waals surface area contributed by atoms with E-state index < -0.39 is 0 Å². The molecule has 23 heavy (non-hydrogen) atoms. The molecule has 0 bridgehead atoms. The van der Waals surface area contributed by atoms with Gasteiger partial charge >= 0.3 is 0 Å². The predicted octanol–water partition coefficient (Wildman–Crippen LogP) is 3.05. The van der Waals surface area contributed by atoms with Crippen molar-refractivity contribution >= 4 is 5.91 Å². The summed E-state index contributed by atoms with van der Waals surface area (Å²) < 4.78 is 10.8. The van der Waals surface area contributed by atoms with E-state index in [0.29, 0.717) is 12.3 Å². The standard InChI is InChI=1S/C19H27NO3/c1-22-17-6-4-15(5-7-17)13-16-8-10-20(11-9-16)19(21)14-18-3-2-12-23-18/h4-7,16,18H,2-3,8-14H2,1H3.